The summed E-state index contributed by atoms with van der Waals surface area (Å²) in [4.78, 5) is 0. The highest BCUT2D eigenvalue weighted by Gasteiger charge is 1.97. The van der Waals surface area contributed by atoms with Crippen molar-refractivity contribution in [1.82, 2.24) is 0 Å². The van der Waals surface area contributed by atoms with Crippen molar-refractivity contribution in [2.24, 2.45) is 0 Å². The second kappa shape index (κ2) is 3.07. The van der Waals surface area contributed by atoms with E-state index in [1.165, 1.54) is 5.56 Å². The van der Waals surface area contributed by atoms with Gasteiger partial charge in [-0.3, -0.25) is 5.32 Å². The third-order valence-corrected chi connectivity index (χ3v) is 1.80. The van der Waals surface area contributed by atoms with E-state index in [0.717, 1.165) is 11.3 Å². The molecule has 0 atom stereocenters. The van der Waals surface area contributed by atoms with Crippen LogP contribution >= 0.6 is 0 Å². The van der Waals surface area contributed by atoms with Crippen molar-refractivity contribution >= 4 is 5.69 Å². The fraction of sp³-hybridized carbons (Fsp3) is 0.222. The first-order chi connectivity index (χ1) is 5.25. The van der Waals surface area contributed by atoms with Crippen LogP contribution in [-0.4, -0.2) is 0 Å². The number of anilines is 1. The SMILES string of the molecule is Cc1cccc(NC#N)c1C. The summed E-state index contributed by atoms with van der Waals surface area (Å²) in [6.45, 7) is 4.02. The Labute approximate surface area is 66.5 Å². The molecular weight excluding hydrogens is 136 g/mol. The van der Waals surface area contributed by atoms with Gasteiger partial charge in [0.25, 0.3) is 0 Å². The Morgan fingerprint density at radius 3 is 2.73 bits per heavy atom. The van der Waals surface area contributed by atoms with E-state index in [0.29, 0.717) is 0 Å². The number of hydrogen-bond donors (Lipinski definition) is 1. The zero-order valence-corrected chi connectivity index (χ0v) is 6.68. The second-order valence-electron chi connectivity index (χ2n) is 2.48. The van der Waals surface area contributed by atoms with E-state index < -0.39 is 0 Å². The van der Waals surface area contributed by atoms with Crippen LogP contribution in [0, 0.1) is 25.3 Å². The molecule has 0 spiro atoms. The van der Waals surface area contributed by atoms with Gasteiger partial charge in [-0.2, -0.15) is 5.26 Å². The maximum absolute atomic E-state index is 8.37. The van der Waals surface area contributed by atoms with Crippen molar-refractivity contribution in [3.05, 3.63) is 29.3 Å². The molecule has 0 radical (unpaired) electrons. The zero-order chi connectivity index (χ0) is 8.27. The topological polar surface area (TPSA) is 35.8 Å². The smallest absolute Gasteiger partial charge is 0.181 e. The van der Waals surface area contributed by atoms with Crippen LogP contribution in [0.1, 0.15) is 11.1 Å². The van der Waals surface area contributed by atoms with Gasteiger partial charge in [-0.05, 0) is 31.0 Å². The summed E-state index contributed by atoms with van der Waals surface area (Å²) in [5, 5.41) is 11.0. The van der Waals surface area contributed by atoms with E-state index in [1.54, 1.807) is 0 Å². The van der Waals surface area contributed by atoms with Gasteiger partial charge in [-0.15, -0.1) is 0 Å². The second-order valence-corrected chi connectivity index (χ2v) is 2.48. The zero-order valence-electron chi connectivity index (χ0n) is 6.68. The van der Waals surface area contributed by atoms with Gasteiger partial charge in [0.15, 0.2) is 6.19 Å². The first-order valence-electron chi connectivity index (χ1n) is 3.47. The summed E-state index contributed by atoms with van der Waals surface area (Å²) in [5.41, 5.74) is 3.23. The number of nitrogens with zero attached hydrogens (tertiary/aromatic N) is 1. The summed E-state index contributed by atoms with van der Waals surface area (Å²) in [7, 11) is 0. The van der Waals surface area contributed by atoms with Crippen LogP contribution < -0.4 is 5.32 Å². The molecular formula is C9H10N2. The highest BCUT2D eigenvalue weighted by atomic mass is 14.9. The van der Waals surface area contributed by atoms with Crippen molar-refractivity contribution in [3.63, 3.8) is 0 Å². The molecule has 0 amide bonds. The lowest BCUT2D eigenvalue weighted by Gasteiger charge is -2.04. The van der Waals surface area contributed by atoms with Crippen molar-refractivity contribution in [1.29, 1.82) is 5.26 Å². The largest absolute Gasteiger partial charge is 0.293 e. The van der Waals surface area contributed by atoms with Crippen LogP contribution in [0.25, 0.3) is 0 Å². The number of hydrogen-bond acceptors (Lipinski definition) is 2. The van der Waals surface area contributed by atoms with Crippen LogP contribution in [-0.2, 0) is 0 Å². The lowest BCUT2D eigenvalue weighted by Crippen LogP contribution is -1.92. The third kappa shape index (κ3) is 1.50. The number of rotatable bonds is 1. The van der Waals surface area contributed by atoms with E-state index in [-0.39, 0.29) is 0 Å². The van der Waals surface area contributed by atoms with Gasteiger partial charge in [0.05, 0.1) is 5.69 Å². The first kappa shape index (κ1) is 7.62. The van der Waals surface area contributed by atoms with Crippen LogP contribution in [0.3, 0.4) is 0 Å². The number of nitrogens with one attached hydrogen (secondary N) is 1. The van der Waals surface area contributed by atoms with Gasteiger partial charge in [0, 0.05) is 0 Å². The van der Waals surface area contributed by atoms with Gasteiger partial charge in [0.1, 0.15) is 0 Å². The number of aryl methyl sites for hydroxylation is 1. The van der Waals surface area contributed by atoms with Crippen LogP contribution in [0.15, 0.2) is 18.2 Å². The monoisotopic (exact) mass is 146 g/mol. The summed E-state index contributed by atoms with van der Waals surface area (Å²) < 4.78 is 0. The van der Waals surface area contributed by atoms with Gasteiger partial charge < -0.3 is 0 Å². The molecule has 0 fully saturated rings. The Balaban J connectivity index is 3.08. The molecule has 0 saturated heterocycles. The lowest BCUT2D eigenvalue weighted by molar-refractivity contribution is 1.33. The average molecular weight is 146 g/mol. The molecule has 1 rings (SSSR count). The molecule has 0 unspecified atom stereocenters. The van der Waals surface area contributed by atoms with Crippen molar-refractivity contribution < 1.29 is 0 Å². The molecule has 0 aliphatic rings. The molecule has 1 N–H and O–H groups in total. The van der Waals surface area contributed by atoms with E-state index in [2.05, 4.69) is 5.32 Å². The van der Waals surface area contributed by atoms with E-state index in [9.17, 15) is 0 Å². The lowest BCUT2D eigenvalue weighted by atomic mass is 10.1. The Kier molecular flexibility index (Phi) is 2.12. The van der Waals surface area contributed by atoms with Crippen molar-refractivity contribution in [2.75, 3.05) is 5.32 Å². The fourth-order valence-electron chi connectivity index (χ4n) is 0.947. The molecule has 1 aromatic rings. The molecule has 2 heteroatoms. The predicted octanol–water partition coefficient (Wildman–Crippen LogP) is 2.20. The molecule has 0 aliphatic carbocycles. The third-order valence-electron chi connectivity index (χ3n) is 1.80. The maximum Gasteiger partial charge on any atom is 0.181 e. The Bertz CT molecular complexity index is 297. The molecule has 11 heavy (non-hydrogen) atoms. The minimum absolute atomic E-state index is 0.896. The Hall–Kier alpha value is -1.49. The van der Waals surface area contributed by atoms with E-state index in [4.69, 9.17) is 5.26 Å². The Morgan fingerprint density at radius 2 is 2.09 bits per heavy atom. The van der Waals surface area contributed by atoms with Crippen LogP contribution in [0.5, 0.6) is 0 Å². The van der Waals surface area contributed by atoms with Gasteiger partial charge in [0.2, 0.25) is 0 Å². The molecule has 0 aliphatic heterocycles. The highest BCUT2D eigenvalue weighted by Crippen LogP contribution is 2.16. The van der Waals surface area contributed by atoms with Crippen LogP contribution in [0.2, 0.25) is 0 Å². The molecule has 0 bridgehead atoms. The normalized spacial score (nSPS) is 8.82. The predicted molar refractivity (Wildman–Crippen MR) is 45.2 cm³/mol. The molecule has 0 aromatic heterocycles. The van der Waals surface area contributed by atoms with Crippen LogP contribution in [0.4, 0.5) is 5.69 Å². The number of nitriles is 1. The summed E-state index contributed by atoms with van der Waals surface area (Å²) in [5.74, 6) is 0. The molecule has 0 saturated carbocycles. The summed E-state index contributed by atoms with van der Waals surface area (Å²) >= 11 is 0. The van der Waals surface area contributed by atoms with Gasteiger partial charge in [-0.1, -0.05) is 12.1 Å². The maximum atomic E-state index is 8.37. The van der Waals surface area contributed by atoms with E-state index in [1.807, 2.05) is 38.2 Å². The fourth-order valence-corrected chi connectivity index (χ4v) is 0.947. The van der Waals surface area contributed by atoms with Crippen molar-refractivity contribution in [3.8, 4) is 6.19 Å². The van der Waals surface area contributed by atoms with Crippen molar-refractivity contribution in [2.45, 2.75) is 13.8 Å². The summed E-state index contributed by atoms with van der Waals surface area (Å²) in [6, 6.07) is 5.85. The quantitative estimate of drug-likeness (QED) is 0.487. The highest BCUT2D eigenvalue weighted by molar-refractivity contribution is 5.55. The standard InChI is InChI=1S/C9H10N2/c1-7-4-3-5-9(8(7)2)11-6-10/h3-5,11H,1-2H3. The average Bonchev–Trinajstić information content (AvgIpc) is 1.99. The molecule has 1 aromatic carbocycles. The molecule has 0 heterocycles. The first-order valence-corrected chi connectivity index (χ1v) is 3.47. The van der Waals surface area contributed by atoms with Gasteiger partial charge in [-0.25, -0.2) is 0 Å². The molecule has 2 nitrogen and oxygen atoms in total. The van der Waals surface area contributed by atoms with Gasteiger partial charge >= 0.3 is 0 Å². The minimum Gasteiger partial charge on any atom is -0.293 e. The van der Waals surface area contributed by atoms with E-state index >= 15 is 0 Å². The summed E-state index contributed by atoms with van der Waals surface area (Å²) in [6.07, 6.45) is 1.90. The number of benzene rings is 1. The Morgan fingerprint density at radius 1 is 1.36 bits per heavy atom. The minimum atomic E-state index is 0.896. The molecule has 56 valence electrons.